The number of halogens is 2. The molecule has 24 heavy (non-hydrogen) atoms. The molecule has 0 aromatic heterocycles. The van der Waals surface area contributed by atoms with E-state index in [1.165, 1.54) is 7.05 Å². The quantitative estimate of drug-likeness (QED) is 0.819. The summed E-state index contributed by atoms with van der Waals surface area (Å²) < 4.78 is 39.4. The maximum absolute atomic E-state index is 13.8. The van der Waals surface area contributed by atoms with E-state index in [1.54, 1.807) is 18.2 Å². The zero-order valence-corrected chi connectivity index (χ0v) is 14.4. The van der Waals surface area contributed by atoms with E-state index in [-0.39, 0.29) is 17.0 Å². The predicted octanol–water partition coefficient (Wildman–Crippen LogP) is 2.36. The average molecular weight is 371 g/mol. The second kappa shape index (κ2) is 7.74. The van der Waals surface area contributed by atoms with Gasteiger partial charge in [-0.1, -0.05) is 23.7 Å². The number of sulfonamides is 1. The fraction of sp³-hybridized carbons (Fsp3) is 0.188. The van der Waals surface area contributed by atoms with Crippen molar-refractivity contribution in [3.63, 3.8) is 0 Å². The lowest BCUT2D eigenvalue weighted by Crippen LogP contribution is -2.27. The van der Waals surface area contributed by atoms with Gasteiger partial charge in [0.1, 0.15) is 5.82 Å². The van der Waals surface area contributed by atoms with E-state index in [0.717, 1.165) is 23.8 Å². The standard InChI is InChI=1S/C16H16ClFN2O3S/c1-19-24(22,23)13-5-6-15(18)14(10-13)16(21)20-8-7-11-3-2-4-12(17)9-11/h2-6,9-10,19H,7-8H2,1H3,(H,20,21). The first-order valence-corrected chi connectivity index (χ1v) is 8.95. The van der Waals surface area contributed by atoms with E-state index in [9.17, 15) is 17.6 Å². The lowest BCUT2D eigenvalue weighted by Gasteiger charge is -2.09. The van der Waals surface area contributed by atoms with Gasteiger partial charge in [0.25, 0.3) is 5.91 Å². The van der Waals surface area contributed by atoms with Crippen molar-refractivity contribution < 1.29 is 17.6 Å². The lowest BCUT2D eigenvalue weighted by molar-refractivity contribution is 0.0950. The smallest absolute Gasteiger partial charge is 0.254 e. The molecule has 0 aliphatic rings. The number of hydrogen-bond donors (Lipinski definition) is 2. The van der Waals surface area contributed by atoms with Gasteiger partial charge in [0.05, 0.1) is 10.5 Å². The molecule has 2 aromatic carbocycles. The zero-order chi connectivity index (χ0) is 17.7. The highest BCUT2D eigenvalue weighted by Gasteiger charge is 2.18. The third kappa shape index (κ3) is 4.53. The molecule has 2 rings (SSSR count). The molecule has 0 saturated carbocycles. The minimum atomic E-state index is -3.75. The summed E-state index contributed by atoms with van der Waals surface area (Å²) in [4.78, 5) is 11.9. The van der Waals surface area contributed by atoms with Gasteiger partial charge in [0.2, 0.25) is 10.0 Å². The van der Waals surface area contributed by atoms with Gasteiger partial charge in [-0.3, -0.25) is 4.79 Å². The Morgan fingerprint density at radius 1 is 1.21 bits per heavy atom. The monoisotopic (exact) mass is 370 g/mol. The van der Waals surface area contributed by atoms with Crippen LogP contribution in [0.2, 0.25) is 5.02 Å². The highest BCUT2D eigenvalue weighted by Crippen LogP contribution is 2.15. The maximum atomic E-state index is 13.8. The Morgan fingerprint density at radius 2 is 1.96 bits per heavy atom. The highest BCUT2D eigenvalue weighted by molar-refractivity contribution is 7.89. The van der Waals surface area contributed by atoms with Crippen molar-refractivity contribution >= 4 is 27.5 Å². The van der Waals surface area contributed by atoms with Crippen molar-refractivity contribution in [1.82, 2.24) is 10.0 Å². The van der Waals surface area contributed by atoms with Gasteiger partial charge in [0.15, 0.2) is 0 Å². The molecular weight excluding hydrogens is 355 g/mol. The van der Waals surface area contributed by atoms with Crippen LogP contribution in [0.5, 0.6) is 0 Å². The molecule has 0 fully saturated rings. The number of hydrogen-bond acceptors (Lipinski definition) is 3. The van der Waals surface area contributed by atoms with Crippen molar-refractivity contribution in [2.24, 2.45) is 0 Å². The van der Waals surface area contributed by atoms with Crippen LogP contribution in [-0.4, -0.2) is 27.9 Å². The van der Waals surface area contributed by atoms with Crippen LogP contribution in [-0.2, 0) is 16.4 Å². The Balaban J connectivity index is 2.08. The Labute approximate surface area is 144 Å². The van der Waals surface area contributed by atoms with Crippen LogP contribution in [0.15, 0.2) is 47.4 Å². The van der Waals surface area contributed by atoms with Gasteiger partial charge in [-0.25, -0.2) is 17.5 Å². The van der Waals surface area contributed by atoms with Crippen molar-refractivity contribution in [1.29, 1.82) is 0 Å². The topological polar surface area (TPSA) is 75.3 Å². The molecule has 8 heteroatoms. The first kappa shape index (κ1) is 18.4. The van der Waals surface area contributed by atoms with Crippen LogP contribution in [0.4, 0.5) is 4.39 Å². The number of carbonyl (C=O) groups is 1. The van der Waals surface area contributed by atoms with Gasteiger partial charge in [-0.15, -0.1) is 0 Å². The molecule has 0 atom stereocenters. The minimum absolute atomic E-state index is 0.175. The third-order valence-electron chi connectivity index (χ3n) is 3.35. The summed E-state index contributed by atoms with van der Waals surface area (Å²) in [5.74, 6) is -1.46. The van der Waals surface area contributed by atoms with E-state index < -0.39 is 21.7 Å². The molecule has 0 saturated heterocycles. The van der Waals surface area contributed by atoms with Gasteiger partial charge in [-0.2, -0.15) is 0 Å². The lowest BCUT2D eigenvalue weighted by atomic mass is 10.1. The van der Waals surface area contributed by atoms with Crippen molar-refractivity contribution in [2.45, 2.75) is 11.3 Å². The molecule has 0 bridgehead atoms. The SMILES string of the molecule is CNS(=O)(=O)c1ccc(F)c(C(=O)NCCc2cccc(Cl)c2)c1. The van der Waals surface area contributed by atoms with E-state index in [4.69, 9.17) is 11.6 Å². The number of benzene rings is 2. The first-order chi connectivity index (χ1) is 11.3. The Hall–Kier alpha value is -1.96. The molecule has 0 spiro atoms. The van der Waals surface area contributed by atoms with Crippen LogP contribution in [0.1, 0.15) is 15.9 Å². The summed E-state index contributed by atoms with van der Waals surface area (Å²) in [6, 6.07) is 10.2. The molecule has 2 N–H and O–H groups in total. The van der Waals surface area contributed by atoms with E-state index >= 15 is 0 Å². The number of amides is 1. The second-order valence-corrected chi connectivity index (χ2v) is 7.31. The number of carbonyl (C=O) groups excluding carboxylic acids is 1. The minimum Gasteiger partial charge on any atom is -0.352 e. The van der Waals surface area contributed by atoms with Crippen molar-refractivity contribution in [3.05, 3.63) is 64.4 Å². The molecule has 0 radical (unpaired) electrons. The Morgan fingerprint density at radius 3 is 2.62 bits per heavy atom. The average Bonchev–Trinajstić information content (AvgIpc) is 2.55. The zero-order valence-electron chi connectivity index (χ0n) is 12.8. The Bertz CT molecular complexity index is 856. The van der Waals surface area contributed by atoms with Gasteiger partial charge in [0, 0.05) is 11.6 Å². The van der Waals surface area contributed by atoms with Crippen LogP contribution in [0.25, 0.3) is 0 Å². The first-order valence-electron chi connectivity index (χ1n) is 7.09. The number of rotatable bonds is 6. The maximum Gasteiger partial charge on any atom is 0.254 e. The summed E-state index contributed by atoms with van der Waals surface area (Å²) in [7, 11) is -2.51. The summed E-state index contributed by atoms with van der Waals surface area (Å²) in [5.41, 5.74) is 0.604. The number of nitrogens with one attached hydrogen (secondary N) is 2. The molecule has 0 unspecified atom stereocenters. The summed E-state index contributed by atoms with van der Waals surface area (Å²) in [6.45, 7) is 0.265. The van der Waals surface area contributed by atoms with E-state index in [0.29, 0.717) is 11.4 Å². The largest absolute Gasteiger partial charge is 0.352 e. The Kier molecular flexibility index (Phi) is 5.93. The van der Waals surface area contributed by atoms with Gasteiger partial charge in [-0.05, 0) is 49.4 Å². The molecule has 5 nitrogen and oxygen atoms in total. The fourth-order valence-corrected chi connectivity index (χ4v) is 3.04. The van der Waals surface area contributed by atoms with Crippen molar-refractivity contribution in [2.75, 3.05) is 13.6 Å². The van der Waals surface area contributed by atoms with Crippen LogP contribution < -0.4 is 10.0 Å². The normalized spacial score (nSPS) is 11.3. The molecule has 0 aliphatic carbocycles. The van der Waals surface area contributed by atoms with Gasteiger partial charge >= 0.3 is 0 Å². The summed E-state index contributed by atoms with van der Waals surface area (Å²) >= 11 is 5.88. The van der Waals surface area contributed by atoms with E-state index in [1.807, 2.05) is 6.07 Å². The molecule has 0 aliphatic heterocycles. The molecular formula is C16H16ClFN2O3S. The van der Waals surface area contributed by atoms with Crippen LogP contribution in [0, 0.1) is 5.82 Å². The molecule has 2 aromatic rings. The van der Waals surface area contributed by atoms with E-state index in [2.05, 4.69) is 10.0 Å². The fourth-order valence-electron chi connectivity index (χ4n) is 2.07. The molecule has 1 amide bonds. The highest BCUT2D eigenvalue weighted by atomic mass is 35.5. The van der Waals surface area contributed by atoms with Crippen LogP contribution in [0.3, 0.4) is 0 Å². The summed E-state index contributed by atoms with van der Waals surface area (Å²) in [5, 5.41) is 3.16. The third-order valence-corrected chi connectivity index (χ3v) is 5.00. The summed E-state index contributed by atoms with van der Waals surface area (Å²) in [6.07, 6.45) is 0.516. The molecule has 0 heterocycles. The predicted molar refractivity (Wildman–Crippen MR) is 90.1 cm³/mol. The van der Waals surface area contributed by atoms with Crippen molar-refractivity contribution in [3.8, 4) is 0 Å². The van der Waals surface area contributed by atoms with Gasteiger partial charge < -0.3 is 5.32 Å². The second-order valence-electron chi connectivity index (χ2n) is 4.99. The molecule has 128 valence electrons. The van der Waals surface area contributed by atoms with Crippen LogP contribution >= 0.6 is 11.6 Å².